The molecule has 0 radical (unpaired) electrons. The van der Waals surface area contributed by atoms with Crippen molar-refractivity contribution in [1.82, 2.24) is 4.90 Å². The number of rotatable bonds is 5. The molecule has 1 aliphatic rings. The van der Waals surface area contributed by atoms with Crippen molar-refractivity contribution < 1.29 is 14.6 Å². The van der Waals surface area contributed by atoms with Crippen molar-refractivity contribution in [2.24, 2.45) is 0 Å². The van der Waals surface area contributed by atoms with Crippen LogP contribution in [0.25, 0.3) is 0 Å². The molecule has 110 valence electrons. The molecule has 3 rings (SSSR count). The average molecular weight is 285 g/mol. The normalized spacial score (nSPS) is 14.4. The zero-order chi connectivity index (χ0) is 14.7. The number of hydrogen-bond acceptors (Lipinski definition) is 4. The van der Waals surface area contributed by atoms with Crippen molar-refractivity contribution in [2.45, 2.75) is 12.6 Å². The smallest absolute Gasteiger partial charge is 0.231 e. The quantitative estimate of drug-likeness (QED) is 0.917. The van der Waals surface area contributed by atoms with Crippen molar-refractivity contribution >= 4 is 0 Å². The van der Waals surface area contributed by atoms with E-state index in [2.05, 4.69) is 17.0 Å². The van der Waals surface area contributed by atoms with E-state index in [1.165, 1.54) is 5.56 Å². The fourth-order valence-electron chi connectivity index (χ4n) is 2.48. The van der Waals surface area contributed by atoms with Crippen LogP contribution in [0.1, 0.15) is 17.2 Å². The fraction of sp³-hybridized carbons (Fsp3) is 0.294. The number of ether oxygens (including phenoxy) is 2. The summed E-state index contributed by atoms with van der Waals surface area (Å²) in [5.74, 6) is 1.45. The van der Waals surface area contributed by atoms with Gasteiger partial charge in [-0.25, -0.2) is 0 Å². The van der Waals surface area contributed by atoms with Crippen LogP contribution < -0.4 is 9.47 Å². The summed E-state index contributed by atoms with van der Waals surface area (Å²) in [4.78, 5) is 2.10. The number of aliphatic hydroxyl groups excluding tert-OH is 1. The maximum absolute atomic E-state index is 10.4. The second-order valence-corrected chi connectivity index (χ2v) is 5.31. The summed E-state index contributed by atoms with van der Waals surface area (Å²) in [5.41, 5.74) is 2.08. The van der Waals surface area contributed by atoms with E-state index in [9.17, 15) is 5.11 Å². The van der Waals surface area contributed by atoms with Gasteiger partial charge < -0.3 is 14.6 Å². The largest absolute Gasteiger partial charge is 0.454 e. The first-order valence-electron chi connectivity index (χ1n) is 7.02. The van der Waals surface area contributed by atoms with Gasteiger partial charge in [0.25, 0.3) is 0 Å². The first-order chi connectivity index (χ1) is 10.2. The number of aliphatic hydroxyl groups is 1. The monoisotopic (exact) mass is 285 g/mol. The molecule has 1 aliphatic heterocycles. The maximum Gasteiger partial charge on any atom is 0.231 e. The lowest BCUT2D eigenvalue weighted by Crippen LogP contribution is -2.24. The van der Waals surface area contributed by atoms with Crippen LogP contribution in [0, 0.1) is 0 Å². The minimum absolute atomic E-state index is 0.253. The van der Waals surface area contributed by atoms with Crippen LogP contribution in [0.15, 0.2) is 48.5 Å². The highest BCUT2D eigenvalue weighted by atomic mass is 16.7. The lowest BCUT2D eigenvalue weighted by atomic mass is 10.1. The van der Waals surface area contributed by atoms with Crippen LogP contribution in [-0.2, 0) is 6.54 Å². The highest BCUT2D eigenvalue weighted by molar-refractivity contribution is 5.45. The first-order valence-corrected chi connectivity index (χ1v) is 7.02. The van der Waals surface area contributed by atoms with Gasteiger partial charge in [-0.3, -0.25) is 4.90 Å². The van der Waals surface area contributed by atoms with Crippen molar-refractivity contribution in [3.05, 3.63) is 59.7 Å². The van der Waals surface area contributed by atoms with E-state index in [1.54, 1.807) is 0 Å². The second kappa shape index (κ2) is 6.16. The molecule has 0 saturated carbocycles. The van der Waals surface area contributed by atoms with Crippen LogP contribution >= 0.6 is 0 Å². The van der Waals surface area contributed by atoms with Gasteiger partial charge >= 0.3 is 0 Å². The van der Waals surface area contributed by atoms with E-state index in [0.29, 0.717) is 12.3 Å². The van der Waals surface area contributed by atoms with Gasteiger partial charge in [0.05, 0.1) is 6.10 Å². The van der Waals surface area contributed by atoms with E-state index < -0.39 is 6.10 Å². The lowest BCUT2D eigenvalue weighted by Gasteiger charge is -2.21. The maximum atomic E-state index is 10.4. The Bertz CT molecular complexity index is 600. The highest BCUT2D eigenvalue weighted by Gasteiger charge is 2.17. The van der Waals surface area contributed by atoms with Gasteiger partial charge in [-0.05, 0) is 30.3 Å². The molecule has 1 N–H and O–H groups in total. The van der Waals surface area contributed by atoms with Crippen LogP contribution in [0.2, 0.25) is 0 Å². The summed E-state index contributed by atoms with van der Waals surface area (Å²) >= 11 is 0. The molecule has 4 heteroatoms. The topological polar surface area (TPSA) is 41.9 Å². The van der Waals surface area contributed by atoms with Crippen LogP contribution in [0.3, 0.4) is 0 Å². The number of benzene rings is 2. The zero-order valence-corrected chi connectivity index (χ0v) is 12.0. The van der Waals surface area contributed by atoms with E-state index >= 15 is 0 Å². The Morgan fingerprint density at radius 3 is 2.67 bits per heavy atom. The Morgan fingerprint density at radius 2 is 1.86 bits per heavy atom. The predicted molar refractivity (Wildman–Crippen MR) is 80.3 cm³/mol. The Kier molecular flexibility index (Phi) is 4.08. The molecule has 0 spiro atoms. The van der Waals surface area contributed by atoms with Crippen molar-refractivity contribution in [1.29, 1.82) is 0 Å². The van der Waals surface area contributed by atoms with Gasteiger partial charge in [0.1, 0.15) is 0 Å². The lowest BCUT2D eigenvalue weighted by molar-refractivity contribution is 0.123. The Labute approximate surface area is 124 Å². The minimum atomic E-state index is -0.548. The molecule has 0 aliphatic carbocycles. The summed E-state index contributed by atoms with van der Waals surface area (Å²) in [6.07, 6.45) is -0.548. The molecule has 0 saturated heterocycles. The number of fused-ring (bicyclic) bond motifs is 1. The molecule has 4 nitrogen and oxygen atoms in total. The summed E-state index contributed by atoms with van der Waals surface area (Å²) in [6.45, 7) is 1.62. The van der Waals surface area contributed by atoms with Gasteiger partial charge in [-0.2, -0.15) is 0 Å². The molecule has 0 bridgehead atoms. The molecule has 0 fully saturated rings. The molecule has 2 aromatic rings. The third-order valence-electron chi connectivity index (χ3n) is 3.56. The highest BCUT2D eigenvalue weighted by Crippen LogP contribution is 2.34. The second-order valence-electron chi connectivity index (χ2n) is 5.31. The van der Waals surface area contributed by atoms with Gasteiger partial charge in [-0.15, -0.1) is 0 Å². The molecule has 2 aromatic carbocycles. The van der Waals surface area contributed by atoms with Crippen molar-refractivity contribution in [3.63, 3.8) is 0 Å². The third kappa shape index (κ3) is 3.35. The molecule has 1 heterocycles. The molecule has 21 heavy (non-hydrogen) atoms. The predicted octanol–water partition coefficient (Wildman–Crippen LogP) is 2.58. The minimum Gasteiger partial charge on any atom is -0.454 e. The zero-order valence-electron chi connectivity index (χ0n) is 12.0. The van der Waals surface area contributed by atoms with E-state index in [4.69, 9.17) is 9.47 Å². The Hall–Kier alpha value is -2.04. The molecule has 0 amide bonds. The number of nitrogens with zero attached hydrogens (tertiary/aromatic N) is 1. The molecular formula is C17H19NO3. The van der Waals surface area contributed by atoms with E-state index in [-0.39, 0.29) is 6.79 Å². The Morgan fingerprint density at radius 1 is 1.10 bits per heavy atom. The van der Waals surface area contributed by atoms with E-state index in [1.807, 2.05) is 43.4 Å². The van der Waals surface area contributed by atoms with Crippen LogP contribution in [-0.4, -0.2) is 30.4 Å². The number of hydrogen-bond donors (Lipinski definition) is 1. The van der Waals surface area contributed by atoms with E-state index in [0.717, 1.165) is 17.9 Å². The van der Waals surface area contributed by atoms with Crippen LogP contribution in [0.4, 0.5) is 0 Å². The molecule has 1 atom stereocenters. The Balaban J connectivity index is 1.62. The summed E-state index contributed by atoms with van der Waals surface area (Å²) in [6, 6.07) is 15.8. The fourth-order valence-corrected chi connectivity index (χ4v) is 2.48. The molecule has 0 aromatic heterocycles. The van der Waals surface area contributed by atoms with Crippen LogP contribution in [0.5, 0.6) is 11.5 Å². The van der Waals surface area contributed by atoms with Gasteiger partial charge in [0, 0.05) is 13.1 Å². The average Bonchev–Trinajstić information content (AvgIpc) is 2.95. The third-order valence-corrected chi connectivity index (χ3v) is 3.56. The van der Waals surface area contributed by atoms with Gasteiger partial charge in [-0.1, -0.05) is 36.4 Å². The summed E-state index contributed by atoms with van der Waals surface area (Å²) < 4.78 is 10.6. The van der Waals surface area contributed by atoms with Gasteiger partial charge in [0.15, 0.2) is 11.5 Å². The number of likely N-dealkylation sites (N-methyl/N-ethyl adjacent to an activating group) is 1. The molecular weight excluding hydrogens is 266 g/mol. The SMILES string of the molecule is CN(Cc1ccccc1)CC(O)c1ccc2c(c1)OCO2. The first kappa shape index (κ1) is 13.9. The van der Waals surface area contributed by atoms with Crippen molar-refractivity contribution in [3.8, 4) is 11.5 Å². The summed E-state index contributed by atoms with van der Waals surface area (Å²) in [5, 5.41) is 10.4. The molecule has 1 unspecified atom stereocenters. The van der Waals surface area contributed by atoms with Gasteiger partial charge in [0.2, 0.25) is 6.79 Å². The standard InChI is InChI=1S/C17H19NO3/c1-18(10-13-5-3-2-4-6-13)11-15(19)14-7-8-16-17(9-14)21-12-20-16/h2-9,15,19H,10-12H2,1H3. The summed E-state index contributed by atoms with van der Waals surface area (Å²) in [7, 11) is 2.00. The van der Waals surface area contributed by atoms with Crippen molar-refractivity contribution in [2.75, 3.05) is 20.4 Å².